The molecule has 1 aliphatic heterocycles. The Hall–Kier alpha value is -2.76. The smallest absolute Gasteiger partial charge is 0.410 e. The first-order valence-corrected chi connectivity index (χ1v) is 10.2. The number of benzene rings is 1. The fraction of sp³-hybridized carbons (Fsp3) is 0.478. The van der Waals surface area contributed by atoms with Crippen LogP contribution in [0.3, 0.4) is 0 Å². The lowest BCUT2D eigenvalue weighted by Crippen LogP contribution is -2.44. The molecule has 1 aliphatic rings. The van der Waals surface area contributed by atoms with Crippen LogP contribution in [0.5, 0.6) is 0 Å². The summed E-state index contributed by atoms with van der Waals surface area (Å²) < 4.78 is 7.46. The van der Waals surface area contributed by atoms with E-state index < -0.39 is 5.60 Å². The number of piperidine rings is 1. The molecule has 156 valence electrons. The minimum Gasteiger partial charge on any atom is -0.444 e. The number of aromatic nitrogens is 1. The Morgan fingerprint density at radius 1 is 1.07 bits per heavy atom. The zero-order valence-corrected chi connectivity index (χ0v) is 17.8. The van der Waals surface area contributed by atoms with E-state index in [1.54, 1.807) is 9.80 Å². The second kappa shape index (κ2) is 8.72. The Morgan fingerprint density at radius 2 is 1.66 bits per heavy atom. The topological polar surface area (TPSA) is 54.8 Å². The van der Waals surface area contributed by atoms with Gasteiger partial charge in [0.2, 0.25) is 0 Å². The number of hydrogen-bond donors (Lipinski definition) is 0. The number of carbonyl (C=O) groups excluding carboxylic acids is 2. The van der Waals surface area contributed by atoms with E-state index in [1.165, 1.54) is 0 Å². The second-order valence-electron chi connectivity index (χ2n) is 8.73. The third kappa shape index (κ3) is 5.62. The highest BCUT2D eigenvalue weighted by molar-refractivity contribution is 5.94. The van der Waals surface area contributed by atoms with Crippen LogP contribution in [0, 0.1) is 5.92 Å². The van der Waals surface area contributed by atoms with Crippen molar-refractivity contribution in [3.63, 3.8) is 0 Å². The number of rotatable bonds is 4. The van der Waals surface area contributed by atoms with Crippen molar-refractivity contribution in [2.45, 2.75) is 39.2 Å². The number of ether oxygens (including phenoxy) is 1. The van der Waals surface area contributed by atoms with Gasteiger partial charge < -0.3 is 19.1 Å². The van der Waals surface area contributed by atoms with E-state index >= 15 is 0 Å². The molecule has 0 saturated carbocycles. The molecule has 2 amide bonds. The van der Waals surface area contributed by atoms with Gasteiger partial charge in [0, 0.05) is 50.3 Å². The van der Waals surface area contributed by atoms with Gasteiger partial charge in [-0.1, -0.05) is 0 Å². The minimum atomic E-state index is -0.475. The molecule has 0 radical (unpaired) electrons. The zero-order chi connectivity index (χ0) is 21.0. The second-order valence-corrected chi connectivity index (χ2v) is 8.73. The van der Waals surface area contributed by atoms with Crippen molar-refractivity contribution in [3.05, 3.63) is 54.4 Å². The van der Waals surface area contributed by atoms with Crippen LogP contribution in [-0.2, 0) is 4.74 Å². The van der Waals surface area contributed by atoms with Crippen molar-refractivity contribution in [1.29, 1.82) is 0 Å². The van der Waals surface area contributed by atoms with Crippen molar-refractivity contribution in [1.82, 2.24) is 14.4 Å². The highest BCUT2D eigenvalue weighted by Gasteiger charge is 2.28. The van der Waals surface area contributed by atoms with Gasteiger partial charge in [-0.05, 0) is 75.9 Å². The molecule has 6 heteroatoms. The first-order valence-electron chi connectivity index (χ1n) is 10.2. The highest BCUT2D eigenvalue weighted by atomic mass is 16.6. The predicted molar refractivity (Wildman–Crippen MR) is 113 cm³/mol. The van der Waals surface area contributed by atoms with Gasteiger partial charge in [-0.15, -0.1) is 0 Å². The fourth-order valence-corrected chi connectivity index (χ4v) is 3.60. The Kier molecular flexibility index (Phi) is 6.30. The van der Waals surface area contributed by atoms with Crippen LogP contribution in [0.25, 0.3) is 5.69 Å². The number of likely N-dealkylation sites (tertiary alicyclic amines) is 1. The van der Waals surface area contributed by atoms with Crippen LogP contribution >= 0.6 is 0 Å². The summed E-state index contributed by atoms with van der Waals surface area (Å²) in [5.41, 5.74) is 1.25. The summed E-state index contributed by atoms with van der Waals surface area (Å²) in [6, 6.07) is 11.6. The minimum absolute atomic E-state index is 0.0265. The first-order chi connectivity index (χ1) is 13.7. The molecule has 0 aliphatic carbocycles. The molecule has 0 atom stereocenters. The van der Waals surface area contributed by atoms with Crippen LogP contribution in [0.15, 0.2) is 48.8 Å². The standard InChI is InChI=1S/C23H31N3O3/c1-23(2,3)29-22(28)26-15-11-18(12-16-26)17-24(4)21(27)19-7-9-20(10-8-19)25-13-5-6-14-25/h5-10,13-14,18H,11-12,15-17H2,1-4H3. The monoisotopic (exact) mass is 397 g/mol. The van der Waals surface area contributed by atoms with Gasteiger partial charge in [-0.2, -0.15) is 0 Å². The van der Waals surface area contributed by atoms with Gasteiger partial charge in [0.1, 0.15) is 5.60 Å². The van der Waals surface area contributed by atoms with Gasteiger partial charge in [0.15, 0.2) is 0 Å². The highest BCUT2D eigenvalue weighted by Crippen LogP contribution is 2.21. The molecule has 6 nitrogen and oxygen atoms in total. The van der Waals surface area contributed by atoms with Gasteiger partial charge in [-0.25, -0.2) is 4.79 Å². The van der Waals surface area contributed by atoms with Gasteiger partial charge >= 0.3 is 6.09 Å². The Balaban J connectivity index is 1.50. The molecule has 1 aromatic carbocycles. The van der Waals surface area contributed by atoms with Crippen molar-refractivity contribution >= 4 is 12.0 Å². The Morgan fingerprint density at radius 3 is 2.21 bits per heavy atom. The molecule has 0 bridgehead atoms. The molecule has 0 unspecified atom stereocenters. The van der Waals surface area contributed by atoms with Crippen molar-refractivity contribution in [3.8, 4) is 5.69 Å². The molecule has 3 rings (SSSR count). The summed E-state index contributed by atoms with van der Waals surface area (Å²) in [4.78, 5) is 28.5. The summed E-state index contributed by atoms with van der Waals surface area (Å²) in [5.74, 6) is 0.417. The molecule has 0 spiro atoms. The summed E-state index contributed by atoms with van der Waals surface area (Å²) in [6.07, 6.45) is 5.47. The average Bonchev–Trinajstić information content (AvgIpc) is 3.21. The zero-order valence-electron chi connectivity index (χ0n) is 17.8. The van der Waals surface area contributed by atoms with Gasteiger partial charge in [-0.3, -0.25) is 4.79 Å². The SMILES string of the molecule is CN(CC1CCN(C(=O)OC(C)(C)C)CC1)C(=O)c1ccc(-n2cccc2)cc1. The van der Waals surface area contributed by atoms with Crippen molar-refractivity contribution < 1.29 is 14.3 Å². The lowest BCUT2D eigenvalue weighted by molar-refractivity contribution is 0.0171. The molecule has 29 heavy (non-hydrogen) atoms. The molecule has 1 saturated heterocycles. The maximum atomic E-state index is 12.8. The summed E-state index contributed by atoms with van der Waals surface area (Å²) in [5, 5.41) is 0. The summed E-state index contributed by atoms with van der Waals surface area (Å²) >= 11 is 0. The van der Waals surface area contributed by atoms with E-state index in [1.807, 2.05) is 81.2 Å². The largest absolute Gasteiger partial charge is 0.444 e. The molecule has 1 aromatic heterocycles. The van der Waals surface area contributed by atoms with Crippen LogP contribution in [0.1, 0.15) is 44.0 Å². The predicted octanol–water partition coefficient (Wildman–Crippen LogP) is 4.20. The van der Waals surface area contributed by atoms with Gasteiger partial charge in [0.25, 0.3) is 5.91 Å². The third-order valence-corrected chi connectivity index (χ3v) is 5.16. The number of amides is 2. The summed E-state index contributed by atoms with van der Waals surface area (Å²) in [7, 11) is 1.85. The molecule has 2 aromatic rings. The maximum absolute atomic E-state index is 12.8. The van der Waals surface area contributed by atoms with E-state index in [-0.39, 0.29) is 12.0 Å². The fourth-order valence-electron chi connectivity index (χ4n) is 3.60. The number of carbonyl (C=O) groups is 2. The van der Waals surface area contributed by atoms with Crippen LogP contribution in [0.2, 0.25) is 0 Å². The average molecular weight is 398 g/mol. The van der Waals surface area contributed by atoms with Crippen LogP contribution in [-0.4, -0.2) is 58.7 Å². The van der Waals surface area contributed by atoms with Crippen LogP contribution in [0.4, 0.5) is 4.79 Å². The Bertz CT molecular complexity index is 814. The van der Waals surface area contributed by atoms with Crippen molar-refractivity contribution in [2.75, 3.05) is 26.7 Å². The normalized spacial score (nSPS) is 15.2. The number of nitrogens with zero attached hydrogens (tertiary/aromatic N) is 3. The van der Waals surface area contributed by atoms with E-state index in [0.29, 0.717) is 31.1 Å². The van der Waals surface area contributed by atoms with Crippen molar-refractivity contribution in [2.24, 2.45) is 5.92 Å². The lowest BCUT2D eigenvalue weighted by atomic mass is 9.96. The number of hydrogen-bond acceptors (Lipinski definition) is 3. The first kappa shape index (κ1) is 21.0. The third-order valence-electron chi connectivity index (χ3n) is 5.16. The van der Waals surface area contributed by atoms with E-state index in [9.17, 15) is 9.59 Å². The quantitative estimate of drug-likeness (QED) is 0.777. The molecule has 2 heterocycles. The van der Waals surface area contributed by atoms with E-state index in [0.717, 1.165) is 18.5 Å². The maximum Gasteiger partial charge on any atom is 0.410 e. The van der Waals surface area contributed by atoms with Crippen LogP contribution < -0.4 is 0 Å². The van der Waals surface area contributed by atoms with Gasteiger partial charge in [0.05, 0.1) is 0 Å². The molecule has 0 N–H and O–H groups in total. The van der Waals surface area contributed by atoms with E-state index in [4.69, 9.17) is 4.74 Å². The Labute approximate surface area is 173 Å². The van der Waals surface area contributed by atoms with E-state index in [2.05, 4.69) is 0 Å². The molecular weight excluding hydrogens is 366 g/mol. The lowest BCUT2D eigenvalue weighted by Gasteiger charge is -2.34. The summed E-state index contributed by atoms with van der Waals surface area (Å²) in [6.45, 7) is 7.68. The molecule has 1 fully saturated rings. The molecular formula is C23H31N3O3.